The van der Waals surface area contributed by atoms with E-state index in [0.29, 0.717) is 0 Å². The molecule has 4 heteroatoms. The van der Waals surface area contributed by atoms with Gasteiger partial charge >= 0.3 is 0 Å². The summed E-state index contributed by atoms with van der Waals surface area (Å²) in [5.74, 6) is 0. The minimum absolute atomic E-state index is 0.0356. The molecule has 0 bridgehead atoms. The number of hydrogen-bond donors (Lipinski definition) is 1. The summed E-state index contributed by atoms with van der Waals surface area (Å²) in [4.78, 5) is 4.40. The highest BCUT2D eigenvalue weighted by molar-refractivity contribution is 7.17. The van der Waals surface area contributed by atoms with Crippen LogP contribution in [0.2, 0.25) is 0 Å². The molecule has 2 N–H and O–H groups in total. The van der Waals surface area contributed by atoms with Gasteiger partial charge in [0.1, 0.15) is 0 Å². The molecule has 1 atom stereocenters. The summed E-state index contributed by atoms with van der Waals surface area (Å²) in [6.07, 6.45) is 6.04. The van der Waals surface area contributed by atoms with Gasteiger partial charge in [0.15, 0.2) is 0 Å². The zero-order valence-electron chi connectivity index (χ0n) is 9.17. The van der Waals surface area contributed by atoms with E-state index in [0.717, 1.165) is 23.1 Å². The Hall–Kier alpha value is -1.65. The first-order chi connectivity index (χ1) is 8.33. The van der Waals surface area contributed by atoms with Crippen molar-refractivity contribution in [1.29, 1.82) is 0 Å². The molecule has 3 heterocycles. The highest BCUT2D eigenvalue weighted by Gasteiger charge is 2.09. The van der Waals surface area contributed by atoms with Gasteiger partial charge in [-0.2, -0.15) is 0 Å². The first kappa shape index (κ1) is 10.5. The molecule has 3 aromatic rings. The fraction of sp³-hybridized carbons (Fsp3) is 0.154. The van der Waals surface area contributed by atoms with E-state index in [2.05, 4.69) is 11.1 Å². The minimum atomic E-state index is -0.0356. The Balaban J connectivity index is 1.87. The van der Waals surface area contributed by atoms with Crippen molar-refractivity contribution in [3.8, 4) is 0 Å². The molecule has 0 amide bonds. The second-order valence-electron chi connectivity index (χ2n) is 4.01. The highest BCUT2D eigenvalue weighted by atomic mass is 32.1. The van der Waals surface area contributed by atoms with Gasteiger partial charge in [0.2, 0.25) is 0 Å². The van der Waals surface area contributed by atoms with Crippen LogP contribution in [0.3, 0.4) is 0 Å². The van der Waals surface area contributed by atoms with Crippen LogP contribution in [0, 0.1) is 0 Å². The van der Waals surface area contributed by atoms with Gasteiger partial charge in [-0.1, -0.05) is 0 Å². The molecule has 0 saturated carbocycles. The van der Waals surface area contributed by atoms with Crippen LogP contribution in [0.15, 0.2) is 46.7 Å². The number of pyridine rings is 1. The summed E-state index contributed by atoms with van der Waals surface area (Å²) in [6, 6.07) is 6.05. The Morgan fingerprint density at radius 1 is 1.41 bits per heavy atom. The monoisotopic (exact) mass is 244 g/mol. The normalized spacial score (nSPS) is 13.0. The lowest BCUT2D eigenvalue weighted by atomic mass is 10.0. The van der Waals surface area contributed by atoms with E-state index in [1.165, 1.54) is 4.70 Å². The van der Waals surface area contributed by atoms with E-state index < -0.39 is 0 Å². The Bertz CT molecular complexity index is 615. The quantitative estimate of drug-likeness (QED) is 0.770. The van der Waals surface area contributed by atoms with Crippen LogP contribution in [0.1, 0.15) is 17.2 Å². The van der Waals surface area contributed by atoms with E-state index in [4.69, 9.17) is 10.2 Å². The predicted octanol–water partition coefficient (Wildman–Crippen LogP) is 3.13. The fourth-order valence-corrected chi connectivity index (χ4v) is 2.63. The Labute approximate surface area is 103 Å². The fourth-order valence-electron chi connectivity index (χ4n) is 1.84. The van der Waals surface area contributed by atoms with E-state index >= 15 is 0 Å². The molecule has 0 fully saturated rings. The van der Waals surface area contributed by atoms with E-state index in [9.17, 15) is 0 Å². The smallest absolute Gasteiger partial charge is 0.0935 e. The van der Waals surface area contributed by atoms with Crippen molar-refractivity contribution in [1.82, 2.24) is 4.98 Å². The maximum Gasteiger partial charge on any atom is 0.0935 e. The van der Waals surface area contributed by atoms with Crippen molar-refractivity contribution >= 4 is 21.6 Å². The van der Waals surface area contributed by atoms with Crippen LogP contribution < -0.4 is 5.73 Å². The van der Waals surface area contributed by atoms with E-state index in [-0.39, 0.29) is 6.04 Å². The van der Waals surface area contributed by atoms with Gasteiger partial charge in [-0.3, -0.25) is 4.98 Å². The molecule has 0 aliphatic carbocycles. The second-order valence-corrected chi connectivity index (χ2v) is 4.96. The van der Waals surface area contributed by atoms with Crippen LogP contribution in [0.4, 0.5) is 0 Å². The molecule has 0 saturated heterocycles. The molecule has 0 aliphatic heterocycles. The van der Waals surface area contributed by atoms with Gasteiger partial charge in [-0.15, -0.1) is 11.3 Å². The maximum absolute atomic E-state index is 6.17. The number of thiophene rings is 1. The Kier molecular flexibility index (Phi) is 2.66. The van der Waals surface area contributed by atoms with Gasteiger partial charge in [0, 0.05) is 12.2 Å². The number of rotatable bonds is 3. The Morgan fingerprint density at radius 3 is 3.18 bits per heavy atom. The molecular weight excluding hydrogens is 232 g/mol. The van der Waals surface area contributed by atoms with E-state index in [1.807, 2.05) is 23.7 Å². The summed E-state index contributed by atoms with van der Waals surface area (Å²) >= 11 is 1.69. The van der Waals surface area contributed by atoms with Crippen molar-refractivity contribution in [2.45, 2.75) is 12.5 Å². The predicted molar refractivity (Wildman–Crippen MR) is 69.0 cm³/mol. The van der Waals surface area contributed by atoms with Crippen molar-refractivity contribution in [3.05, 3.63) is 53.4 Å². The SMILES string of the molecule is NC(Cc1ccoc1)c1cnc2ccsc2c1. The minimum Gasteiger partial charge on any atom is -0.472 e. The van der Waals surface area contributed by atoms with Crippen LogP contribution in [-0.4, -0.2) is 4.98 Å². The van der Waals surface area contributed by atoms with Gasteiger partial charge in [-0.05, 0) is 41.1 Å². The molecule has 86 valence electrons. The summed E-state index contributed by atoms with van der Waals surface area (Å²) in [6.45, 7) is 0. The van der Waals surface area contributed by atoms with Gasteiger partial charge < -0.3 is 10.2 Å². The summed E-state index contributed by atoms with van der Waals surface area (Å²) in [5.41, 5.74) is 9.39. The first-order valence-electron chi connectivity index (χ1n) is 5.43. The number of nitrogens with two attached hydrogens (primary N) is 1. The molecule has 1 unspecified atom stereocenters. The number of nitrogens with zero attached hydrogens (tertiary/aromatic N) is 1. The standard InChI is InChI=1S/C13H12N2OS/c14-11(5-9-1-3-16-8-9)10-6-13-12(15-7-10)2-4-17-13/h1-4,6-8,11H,5,14H2. The van der Waals surface area contributed by atoms with Gasteiger partial charge in [-0.25, -0.2) is 0 Å². The maximum atomic E-state index is 6.17. The molecular formula is C13H12N2OS. The molecule has 0 aliphatic rings. The number of aromatic nitrogens is 1. The van der Waals surface area contributed by atoms with Crippen molar-refractivity contribution < 1.29 is 4.42 Å². The lowest BCUT2D eigenvalue weighted by molar-refractivity contribution is 0.561. The molecule has 17 heavy (non-hydrogen) atoms. The van der Waals surface area contributed by atoms with Gasteiger partial charge in [0.05, 0.1) is 22.7 Å². The summed E-state index contributed by atoms with van der Waals surface area (Å²) in [7, 11) is 0. The lowest BCUT2D eigenvalue weighted by Crippen LogP contribution is -2.13. The van der Waals surface area contributed by atoms with Crippen LogP contribution in [0.25, 0.3) is 10.2 Å². The average molecular weight is 244 g/mol. The van der Waals surface area contributed by atoms with Crippen LogP contribution in [0.5, 0.6) is 0 Å². The molecule has 0 spiro atoms. The molecule has 3 rings (SSSR count). The number of fused-ring (bicyclic) bond motifs is 1. The molecule has 3 aromatic heterocycles. The van der Waals surface area contributed by atoms with Gasteiger partial charge in [0.25, 0.3) is 0 Å². The summed E-state index contributed by atoms with van der Waals surface area (Å²) in [5, 5.41) is 2.04. The molecule has 0 radical (unpaired) electrons. The van der Waals surface area contributed by atoms with Crippen molar-refractivity contribution in [2.24, 2.45) is 5.73 Å². The van der Waals surface area contributed by atoms with Crippen LogP contribution >= 0.6 is 11.3 Å². The zero-order valence-corrected chi connectivity index (χ0v) is 9.98. The lowest BCUT2D eigenvalue weighted by Gasteiger charge is -2.10. The topological polar surface area (TPSA) is 52.0 Å². The van der Waals surface area contributed by atoms with E-state index in [1.54, 1.807) is 23.9 Å². The first-order valence-corrected chi connectivity index (χ1v) is 6.31. The molecule has 0 aromatic carbocycles. The number of furan rings is 1. The second kappa shape index (κ2) is 4.31. The third kappa shape index (κ3) is 2.09. The van der Waals surface area contributed by atoms with Crippen molar-refractivity contribution in [3.63, 3.8) is 0 Å². The molecule has 3 nitrogen and oxygen atoms in total. The van der Waals surface area contributed by atoms with Crippen molar-refractivity contribution in [2.75, 3.05) is 0 Å². The summed E-state index contributed by atoms with van der Waals surface area (Å²) < 4.78 is 6.23. The Morgan fingerprint density at radius 2 is 2.35 bits per heavy atom. The average Bonchev–Trinajstić information content (AvgIpc) is 2.97. The van der Waals surface area contributed by atoms with Crippen LogP contribution in [-0.2, 0) is 6.42 Å². The number of hydrogen-bond acceptors (Lipinski definition) is 4. The zero-order chi connectivity index (χ0) is 11.7. The highest BCUT2D eigenvalue weighted by Crippen LogP contribution is 2.23. The largest absolute Gasteiger partial charge is 0.472 e. The third-order valence-corrected chi connectivity index (χ3v) is 3.64. The third-order valence-electron chi connectivity index (χ3n) is 2.79.